The lowest BCUT2D eigenvalue weighted by Gasteiger charge is -2.46. The number of nitrogens with one attached hydrogen (secondary N) is 2. The van der Waals surface area contributed by atoms with Gasteiger partial charge in [-0.3, -0.25) is 4.98 Å². The number of hydrogen-bond donors (Lipinski definition) is 2. The van der Waals surface area contributed by atoms with Crippen molar-refractivity contribution < 1.29 is 0 Å². The minimum Gasteiger partial charge on any atom is -0.367 e. The Hall–Kier alpha value is -2.53. The average molecular weight is 361 g/mol. The Balaban J connectivity index is 1.74. The zero-order valence-electron chi connectivity index (χ0n) is 16.5. The first-order chi connectivity index (χ1) is 12.8. The predicted octanol–water partition coefficient (Wildman–Crippen LogP) is 4.41. The van der Waals surface area contributed by atoms with E-state index >= 15 is 0 Å². The van der Waals surface area contributed by atoms with E-state index in [4.69, 9.17) is 9.97 Å². The molecule has 0 amide bonds. The summed E-state index contributed by atoms with van der Waals surface area (Å²) >= 11 is 0. The number of nitrogens with zero attached hydrogens (tertiary/aromatic N) is 3. The Kier molecular flexibility index (Phi) is 4.35. The second kappa shape index (κ2) is 6.57. The summed E-state index contributed by atoms with van der Waals surface area (Å²) in [6, 6.07) is 12.4. The number of anilines is 1. The Morgan fingerprint density at radius 3 is 2.41 bits per heavy atom. The smallest absolute Gasteiger partial charge is 0.163 e. The van der Waals surface area contributed by atoms with Gasteiger partial charge in [0, 0.05) is 40.5 Å². The van der Waals surface area contributed by atoms with Crippen molar-refractivity contribution in [1.82, 2.24) is 20.3 Å². The van der Waals surface area contributed by atoms with Gasteiger partial charge in [0.05, 0.1) is 5.52 Å². The molecular weight excluding hydrogens is 334 g/mol. The molecule has 0 unspecified atom stereocenters. The summed E-state index contributed by atoms with van der Waals surface area (Å²) in [5.74, 6) is 1.61. The molecule has 0 spiro atoms. The van der Waals surface area contributed by atoms with Gasteiger partial charge in [-0.05, 0) is 64.8 Å². The van der Waals surface area contributed by atoms with Crippen molar-refractivity contribution in [3.63, 3.8) is 0 Å². The second-order valence-electron chi connectivity index (χ2n) is 8.80. The molecule has 3 heterocycles. The molecule has 0 radical (unpaired) electrons. The molecule has 1 fully saturated rings. The molecule has 5 nitrogen and oxygen atoms in total. The molecule has 2 N–H and O–H groups in total. The van der Waals surface area contributed by atoms with Crippen LogP contribution in [0.4, 0.5) is 5.82 Å². The molecule has 3 aromatic rings. The van der Waals surface area contributed by atoms with Gasteiger partial charge in [-0.2, -0.15) is 0 Å². The minimum atomic E-state index is 0.0778. The Bertz CT molecular complexity index is 933. The van der Waals surface area contributed by atoms with Crippen LogP contribution in [0.3, 0.4) is 0 Å². The van der Waals surface area contributed by atoms with Gasteiger partial charge < -0.3 is 10.6 Å². The van der Waals surface area contributed by atoms with Gasteiger partial charge in [0.2, 0.25) is 0 Å². The number of para-hydroxylation sites is 1. The lowest BCUT2D eigenvalue weighted by Crippen LogP contribution is -2.60. The predicted molar refractivity (Wildman–Crippen MR) is 111 cm³/mol. The molecule has 0 aliphatic carbocycles. The van der Waals surface area contributed by atoms with E-state index in [0.29, 0.717) is 11.9 Å². The molecule has 27 heavy (non-hydrogen) atoms. The summed E-state index contributed by atoms with van der Waals surface area (Å²) in [5, 5.41) is 8.53. The number of aromatic nitrogens is 3. The van der Waals surface area contributed by atoms with Crippen molar-refractivity contribution in [3.05, 3.63) is 48.8 Å². The van der Waals surface area contributed by atoms with Crippen LogP contribution >= 0.6 is 0 Å². The molecule has 2 aromatic heterocycles. The highest BCUT2D eigenvalue weighted by atomic mass is 15.1. The highest BCUT2D eigenvalue weighted by Crippen LogP contribution is 2.32. The van der Waals surface area contributed by atoms with E-state index in [1.54, 1.807) is 6.20 Å². The van der Waals surface area contributed by atoms with E-state index in [0.717, 1.165) is 35.1 Å². The Morgan fingerprint density at radius 1 is 0.963 bits per heavy atom. The van der Waals surface area contributed by atoms with Gasteiger partial charge in [0.25, 0.3) is 0 Å². The summed E-state index contributed by atoms with van der Waals surface area (Å²) in [7, 11) is 0. The van der Waals surface area contributed by atoms with Crippen LogP contribution in [0.15, 0.2) is 48.8 Å². The highest BCUT2D eigenvalue weighted by molar-refractivity contribution is 5.90. The van der Waals surface area contributed by atoms with Crippen LogP contribution in [0.2, 0.25) is 0 Å². The first kappa shape index (κ1) is 17.9. The molecule has 0 atom stereocenters. The molecule has 1 aliphatic rings. The average Bonchev–Trinajstić information content (AvgIpc) is 2.59. The minimum absolute atomic E-state index is 0.0778. The standard InChI is InChI=1S/C22H27N5/c1-21(2)12-16(13-22(3,4)27-21)24-20-17-9-5-6-10-18(17)25-19(26-20)15-8-7-11-23-14-15/h5-11,14,16,27H,12-13H2,1-4H3,(H,24,25,26). The van der Waals surface area contributed by atoms with E-state index in [1.165, 1.54) is 0 Å². The first-order valence-corrected chi connectivity index (χ1v) is 9.54. The molecular formula is C22H27N5. The lowest BCUT2D eigenvalue weighted by atomic mass is 9.79. The van der Waals surface area contributed by atoms with E-state index in [-0.39, 0.29) is 11.1 Å². The molecule has 1 aromatic carbocycles. The third-order valence-corrected chi connectivity index (χ3v) is 5.05. The van der Waals surface area contributed by atoms with Crippen molar-refractivity contribution in [2.24, 2.45) is 0 Å². The summed E-state index contributed by atoms with van der Waals surface area (Å²) in [6.45, 7) is 9.06. The fourth-order valence-corrected chi connectivity index (χ4v) is 4.43. The van der Waals surface area contributed by atoms with Crippen LogP contribution in [0.1, 0.15) is 40.5 Å². The van der Waals surface area contributed by atoms with Crippen molar-refractivity contribution >= 4 is 16.7 Å². The van der Waals surface area contributed by atoms with Crippen molar-refractivity contribution in [2.75, 3.05) is 5.32 Å². The number of rotatable bonds is 3. The maximum atomic E-state index is 4.88. The number of hydrogen-bond acceptors (Lipinski definition) is 5. The number of piperidine rings is 1. The van der Waals surface area contributed by atoms with Crippen LogP contribution in [0.5, 0.6) is 0 Å². The lowest BCUT2D eigenvalue weighted by molar-refractivity contribution is 0.170. The van der Waals surface area contributed by atoms with Gasteiger partial charge in [-0.25, -0.2) is 9.97 Å². The van der Waals surface area contributed by atoms with Crippen LogP contribution < -0.4 is 10.6 Å². The van der Waals surface area contributed by atoms with Gasteiger partial charge in [0.1, 0.15) is 5.82 Å². The van der Waals surface area contributed by atoms with Crippen LogP contribution in [0, 0.1) is 0 Å². The first-order valence-electron chi connectivity index (χ1n) is 9.54. The fraction of sp³-hybridized carbons (Fsp3) is 0.409. The molecule has 1 saturated heterocycles. The molecule has 1 aliphatic heterocycles. The second-order valence-corrected chi connectivity index (χ2v) is 8.80. The summed E-state index contributed by atoms with van der Waals surface area (Å²) in [6.07, 6.45) is 5.65. The van der Waals surface area contributed by atoms with E-state index in [2.05, 4.69) is 49.4 Å². The van der Waals surface area contributed by atoms with Crippen molar-refractivity contribution in [2.45, 2.75) is 57.7 Å². The molecule has 0 saturated carbocycles. The normalized spacial score (nSPS) is 19.1. The Labute approximate surface area is 160 Å². The van der Waals surface area contributed by atoms with Crippen LogP contribution in [0.25, 0.3) is 22.3 Å². The fourth-order valence-electron chi connectivity index (χ4n) is 4.43. The molecule has 0 bridgehead atoms. The third-order valence-electron chi connectivity index (χ3n) is 5.05. The molecule has 4 rings (SSSR count). The number of fused-ring (bicyclic) bond motifs is 1. The van der Waals surface area contributed by atoms with E-state index in [1.807, 2.05) is 36.5 Å². The number of pyridine rings is 1. The summed E-state index contributed by atoms with van der Waals surface area (Å²) in [4.78, 5) is 13.8. The maximum absolute atomic E-state index is 4.88. The summed E-state index contributed by atoms with van der Waals surface area (Å²) < 4.78 is 0. The van der Waals surface area contributed by atoms with Gasteiger partial charge >= 0.3 is 0 Å². The summed E-state index contributed by atoms with van der Waals surface area (Å²) in [5.41, 5.74) is 2.03. The maximum Gasteiger partial charge on any atom is 0.163 e. The van der Waals surface area contributed by atoms with Gasteiger partial charge in [-0.15, -0.1) is 0 Å². The van der Waals surface area contributed by atoms with Crippen molar-refractivity contribution in [1.29, 1.82) is 0 Å². The van der Waals surface area contributed by atoms with Gasteiger partial charge in [0.15, 0.2) is 5.82 Å². The molecule has 5 heteroatoms. The third kappa shape index (κ3) is 3.93. The Morgan fingerprint density at radius 2 is 1.70 bits per heavy atom. The SMILES string of the molecule is CC1(C)CC(Nc2nc(-c3cccnc3)nc3ccccc23)CC(C)(C)N1. The van der Waals surface area contributed by atoms with Crippen LogP contribution in [-0.4, -0.2) is 32.1 Å². The van der Waals surface area contributed by atoms with Crippen LogP contribution in [-0.2, 0) is 0 Å². The van der Waals surface area contributed by atoms with E-state index in [9.17, 15) is 0 Å². The molecule has 140 valence electrons. The zero-order valence-corrected chi connectivity index (χ0v) is 16.5. The quantitative estimate of drug-likeness (QED) is 0.723. The monoisotopic (exact) mass is 361 g/mol. The zero-order chi connectivity index (χ0) is 19.1. The van der Waals surface area contributed by atoms with Gasteiger partial charge in [-0.1, -0.05) is 12.1 Å². The largest absolute Gasteiger partial charge is 0.367 e. The van der Waals surface area contributed by atoms with E-state index < -0.39 is 0 Å². The highest BCUT2D eigenvalue weighted by Gasteiger charge is 2.37. The van der Waals surface area contributed by atoms with Crippen molar-refractivity contribution in [3.8, 4) is 11.4 Å². The topological polar surface area (TPSA) is 62.7 Å². The number of benzene rings is 1.